The van der Waals surface area contributed by atoms with Crippen LogP contribution in [0.1, 0.15) is 0 Å². The maximum Gasteiger partial charge on any atom is 0.164 e. The molecule has 0 saturated heterocycles. The van der Waals surface area contributed by atoms with Crippen LogP contribution in [0.3, 0.4) is 0 Å². The van der Waals surface area contributed by atoms with Crippen molar-refractivity contribution in [1.82, 2.24) is 15.0 Å². The molecule has 3 nitrogen and oxygen atoms in total. The molecule has 0 radical (unpaired) electrons. The van der Waals surface area contributed by atoms with Crippen molar-refractivity contribution in [3.8, 4) is 78.7 Å². The molecular weight excluding hydrogens is 775 g/mol. The fraction of sp³-hybridized carbons (Fsp3) is 0. The molecule has 12 rings (SSSR count). The number of fused-ring (bicyclic) bond motifs is 5. The third-order valence-corrected chi connectivity index (χ3v) is 12.5. The highest BCUT2D eigenvalue weighted by Gasteiger charge is 2.17. The van der Waals surface area contributed by atoms with E-state index in [1.807, 2.05) is 0 Å². The van der Waals surface area contributed by atoms with Crippen molar-refractivity contribution >= 4 is 43.1 Å². The molecule has 11 aromatic carbocycles. The summed E-state index contributed by atoms with van der Waals surface area (Å²) in [5, 5.41) is 9.81. The van der Waals surface area contributed by atoms with Crippen molar-refractivity contribution in [2.45, 2.75) is 0 Å². The summed E-state index contributed by atoms with van der Waals surface area (Å²) in [5.41, 5.74) is 12.1. The lowest BCUT2D eigenvalue weighted by atomic mass is 9.91. The minimum absolute atomic E-state index is 0.618. The molecular formula is C61H39N3. The van der Waals surface area contributed by atoms with Gasteiger partial charge in [-0.1, -0.05) is 224 Å². The van der Waals surface area contributed by atoms with Crippen LogP contribution < -0.4 is 0 Å². The Bertz CT molecular complexity index is 3720. The Labute approximate surface area is 371 Å². The van der Waals surface area contributed by atoms with Gasteiger partial charge >= 0.3 is 0 Å². The van der Waals surface area contributed by atoms with E-state index in [1.165, 1.54) is 65.3 Å². The lowest BCUT2D eigenvalue weighted by molar-refractivity contribution is 1.07. The van der Waals surface area contributed by atoms with Crippen LogP contribution in [0.25, 0.3) is 122 Å². The Hall–Kier alpha value is -8.53. The maximum atomic E-state index is 5.25. The molecule has 1 heterocycles. The summed E-state index contributed by atoms with van der Waals surface area (Å²) in [5.74, 6) is 1.86. The van der Waals surface area contributed by atoms with Gasteiger partial charge in [0.25, 0.3) is 0 Å². The lowest BCUT2D eigenvalue weighted by Gasteiger charge is -2.14. The Morgan fingerprint density at radius 1 is 0.188 bits per heavy atom. The number of aromatic nitrogens is 3. The van der Waals surface area contributed by atoms with Crippen molar-refractivity contribution in [3.63, 3.8) is 0 Å². The number of rotatable bonds is 7. The zero-order valence-corrected chi connectivity index (χ0v) is 34.9. The summed E-state index contributed by atoms with van der Waals surface area (Å²) < 4.78 is 0. The van der Waals surface area contributed by atoms with E-state index in [2.05, 4.69) is 237 Å². The van der Waals surface area contributed by atoms with Crippen molar-refractivity contribution in [2.24, 2.45) is 0 Å². The molecule has 0 bridgehead atoms. The fourth-order valence-corrected chi connectivity index (χ4v) is 9.40. The minimum atomic E-state index is 0.618. The van der Waals surface area contributed by atoms with E-state index in [1.54, 1.807) is 0 Å². The first-order chi connectivity index (χ1) is 31.7. The Morgan fingerprint density at radius 2 is 0.562 bits per heavy atom. The highest BCUT2D eigenvalue weighted by atomic mass is 15.0. The molecule has 0 fully saturated rings. The maximum absolute atomic E-state index is 5.25. The second-order valence-corrected chi connectivity index (χ2v) is 16.3. The van der Waals surface area contributed by atoms with Gasteiger partial charge in [-0.05, 0) is 99.7 Å². The summed E-state index contributed by atoms with van der Waals surface area (Å²) in [7, 11) is 0. The molecule has 0 aliphatic carbocycles. The van der Waals surface area contributed by atoms with Gasteiger partial charge in [-0.25, -0.2) is 15.0 Å². The van der Waals surface area contributed by atoms with Crippen molar-refractivity contribution in [2.75, 3.05) is 0 Å². The fourth-order valence-electron chi connectivity index (χ4n) is 9.40. The largest absolute Gasteiger partial charge is 0.208 e. The molecule has 0 spiro atoms. The standard InChI is InChI=1S/C61H39N3/c1-2-14-40(15-3-1)53-36-37-54(56-26-9-8-25-55(53)56)46-20-11-22-48(39-46)61-63-59(62-60(64-61)47-21-10-19-45(38-47)52-27-12-18-41-16-4-6-23-49(41)52)44-32-30-43(31-33-44)51-28-13-29-57-50-24-7-5-17-42(50)34-35-58(51)57/h1-39H. The zero-order valence-electron chi connectivity index (χ0n) is 34.9. The third-order valence-electron chi connectivity index (χ3n) is 12.5. The molecule has 1 aromatic heterocycles. The van der Waals surface area contributed by atoms with E-state index in [4.69, 9.17) is 15.0 Å². The molecule has 0 unspecified atom stereocenters. The molecule has 0 N–H and O–H groups in total. The number of hydrogen-bond acceptors (Lipinski definition) is 3. The van der Waals surface area contributed by atoms with Crippen LogP contribution in [0.5, 0.6) is 0 Å². The Morgan fingerprint density at radius 3 is 1.22 bits per heavy atom. The predicted octanol–water partition coefficient (Wildman–Crippen LogP) is 16.2. The summed E-state index contributed by atoms with van der Waals surface area (Å²) in [6, 6.07) is 84.2. The van der Waals surface area contributed by atoms with Gasteiger partial charge < -0.3 is 0 Å². The third kappa shape index (κ3) is 6.68. The summed E-state index contributed by atoms with van der Waals surface area (Å²) in [6.45, 7) is 0. The monoisotopic (exact) mass is 813 g/mol. The van der Waals surface area contributed by atoms with Crippen LogP contribution in [0.4, 0.5) is 0 Å². The quantitative estimate of drug-likeness (QED) is 0.150. The Kier molecular flexibility index (Phi) is 9.16. The van der Waals surface area contributed by atoms with Gasteiger partial charge in [-0.2, -0.15) is 0 Å². The van der Waals surface area contributed by atoms with E-state index >= 15 is 0 Å². The highest BCUT2D eigenvalue weighted by molar-refractivity contribution is 6.12. The van der Waals surface area contributed by atoms with E-state index < -0.39 is 0 Å². The predicted molar refractivity (Wildman–Crippen MR) is 268 cm³/mol. The molecule has 12 aromatic rings. The molecule has 64 heavy (non-hydrogen) atoms. The van der Waals surface area contributed by atoms with Gasteiger partial charge in [0.2, 0.25) is 0 Å². The molecule has 0 amide bonds. The van der Waals surface area contributed by atoms with Crippen LogP contribution in [0.2, 0.25) is 0 Å². The molecule has 0 saturated carbocycles. The van der Waals surface area contributed by atoms with Crippen molar-refractivity contribution in [1.29, 1.82) is 0 Å². The lowest BCUT2D eigenvalue weighted by Crippen LogP contribution is -2.00. The van der Waals surface area contributed by atoms with Crippen molar-refractivity contribution in [3.05, 3.63) is 237 Å². The second kappa shape index (κ2) is 15.7. The second-order valence-electron chi connectivity index (χ2n) is 16.3. The van der Waals surface area contributed by atoms with Gasteiger partial charge in [-0.15, -0.1) is 0 Å². The van der Waals surface area contributed by atoms with Crippen LogP contribution in [-0.2, 0) is 0 Å². The average Bonchev–Trinajstić information content (AvgIpc) is 3.38. The van der Waals surface area contributed by atoms with Crippen molar-refractivity contribution < 1.29 is 0 Å². The number of benzene rings is 11. The first-order valence-corrected chi connectivity index (χ1v) is 21.8. The summed E-state index contributed by atoms with van der Waals surface area (Å²) >= 11 is 0. The minimum Gasteiger partial charge on any atom is -0.208 e. The topological polar surface area (TPSA) is 38.7 Å². The van der Waals surface area contributed by atoms with Crippen LogP contribution in [0, 0.1) is 0 Å². The van der Waals surface area contributed by atoms with Gasteiger partial charge in [0, 0.05) is 16.7 Å². The normalized spacial score (nSPS) is 11.4. The number of hydrogen-bond donors (Lipinski definition) is 0. The van der Waals surface area contributed by atoms with E-state index in [0.29, 0.717) is 17.5 Å². The smallest absolute Gasteiger partial charge is 0.164 e. The number of nitrogens with zero attached hydrogens (tertiary/aromatic N) is 3. The Balaban J connectivity index is 0.986. The van der Waals surface area contributed by atoms with E-state index in [0.717, 1.165) is 38.9 Å². The first-order valence-electron chi connectivity index (χ1n) is 21.8. The van der Waals surface area contributed by atoms with E-state index in [-0.39, 0.29) is 0 Å². The average molecular weight is 814 g/mol. The molecule has 0 aliphatic rings. The zero-order chi connectivity index (χ0) is 42.4. The first kappa shape index (κ1) is 37.2. The van der Waals surface area contributed by atoms with Crippen LogP contribution in [-0.4, -0.2) is 15.0 Å². The molecule has 0 aliphatic heterocycles. The van der Waals surface area contributed by atoms with Gasteiger partial charge in [-0.3, -0.25) is 0 Å². The van der Waals surface area contributed by atoms with E-state index in [9.17, 15) is 0 Å². The van der Waals surface area contributed by atoms with Gasteiger partial charge in [0.05, 0.1) is 0 Å². The summed E-state index contributed by atoms with van der Waals surface area (Å²) in [4.78, 5) is 15.7. The van der Waals surface area contributed by atoms with Crippen LogP contribution >= 0.6 is 0 Å². The van der Waals surface area contributed by atoms with Gasteiger partial charge in [0.15, 0.2) is 17.5 Å². The van der Waals surface area contributed by atoms with Gasteiger partial charge in [0.1, 0.15) is 0 Å². The molecule has 3 heteroatoms. The highest BCUT2D eigenvalue weighted by Crippen LogP contribution is 2.39. The molecule has 0 atom stereocenters. The van der Waals surface area contributed by atoms with Crippen LogP contribution in [0.15, 0.2) is 237 Å². The summed E-state index contributed by atoms with van der Waals surface area (Å²) in [6.07, 6.45) is 0. The molecule has 298 valence electrons. The SMILES string of the molecule is c1ccc(-c2ccc(-c3cccc(-c4nc(-c5ccc(-c6cccc7c6ccc6ccccc67)cc5)nc(-c5cccc(-c6cccc7ccccc67)c5)n4)c3)c3ccccc23)cc1.